The molecule has 1 saturated heterocycles. The maximum absolute atomic E-state index is 13.5. The Morgan fingerprint density at radius 2 is 1.74 bits per heavy atom. The third kappa shape index (κ3) is 9.11. The van der Waals surface area contributed by atoms with Gasteiger partial charge in [0.25, 0.3) is 0 Å². The van der Waals surface area contributed by atoms with Gasteiger partial charge in [-0.25, -0.2) is 0 Å². The molecule has 10 heteroatoms. The van der Waals surface area contributed by atoms with Gasteiger partial charge in [-0.3, -0.25) is 14.6 Å². The van der Waals surface area contributed by atoms with Gasteiger partial charge < -0.3 is 14.7 Å². The van der Waals surface area contributed by atoms with Gasteiger partial charge in [0.05, 0.1) is 23.7 Å². The van der Waals surface area contributed by atoms with Crippen molar-refractivity contribution in [2.24, 2.45) is 0 Å². The molecule has 0 amide bonds. The second-order valence-electron chi connectivity index (χ2n) is 10.7. The number of carboxylic acid groups (broad SMARTS) is 1. The Labute approximate surface area is 250 Å². The smallest absolute Gasteiger partial charge is 0.417 e. The Balaban J connectivity index is 1.36. The van der Waals surface area contributed by atoms with Gasteiger partial charge >= 0.3 is 12.1 Å². The average Bonchev–Trinajstić information content (AvgIpc) is 2.96. The van der Waals surface area contributed by atoms with Crippen molar-refractivity contribution in [3.63, 3.8) is 0 Å². The van der Waals surface area contributed by atoms with Gasteiger partial charge in [-0.1, -0.05) is 67.1 Å². The van der Waals surface area contributed by atoms with Gasteiger partial charge in [0.1, 0.15) is 5.75 Å². The lowest BCUT2D eigenvalue weighted by molar-refractivity contribution is -0.139. The molecule has 226 valence electrons. The van der Waals surface area contributed by atoms with Crippen LogP contribution in [-0.2, 0) is 17.5 Å². The number of benzene rings is 3. The first-order chi connectivity index (χ1) is 20.1. The van der Waals surface area contributed by atoms with Crippen LogP contribution in [0.5, 0.6) is 5.75 Å². The number of carbonyl (C=O) groups is 1. The summed E-state index contributed by atoms with van der Waals surface area (Å²) in [7, 11) is 0. The monoisotopic (exact) mass is 603 g/mol. The first-order valence-corrected chi connectivity index (χ1v) is 14.5. The molecule has 1 unspecified atom stereocenters. The molecule has 4 rings (SSSR count). The zero-order valence-corrected chi connectivity index (χ0v) is 24.4. The molecule has 0 radical (unpaired) electrons. The highest BCUT2D eigenvalue weighted by atomic mass is 35.5. The molecule has 6 nitrogen and oxygen atoms in total. The Bertz CT molecular complexity index is 1300. The molecule has 1 atom stereocenters. The van der Waals surface area contributed by atoms with E-state index in [4.69, 9.17) is 21.4 Å². The average molecular weight is 604 g/mol. The molecule has 0 bridgehead atoms. The van der Waals surface area contributed by atoms with Crippen LogP contribution in [0.1, 0.15) is 36.0 Å². The van der Waals surface area contributed by atoms with E-state index in [-0.39, 0.29) is 17.5 Å². The fraction of sp³-hybridized carbons (Fsp3) is 0.406. The molecular formula is C32H37ClF3N3O3. The summed E-state index contributed by atoms with van der Waals surface area (Å²) in [5, 5.41) is 8.77. The number of alkyl halides is 3. The van der Waals surface area contributed by atoms with Crippen molar-refractivity contribution >= 4 is 23.3 Å². The molecule has 0 aliphatic carbocycles. The summed E-state index contributed by atoms with van der Waals surface area (Å²) in [6.07, 6.45) is -3.83. The topological polar surface area (TPSA) is 56.2 Å². The van der Waals surface area contributed by atoms with Crippen molar-refractivity contribution in [3.8, 4) is 5.75 Å². The van der Waals surface area contributed by atoms with Crippen LogP contribution in [0, 0.1) is 0 Å². The van der Waals surface area contributed by atoms with E-state index < -0.39 is 17.7 Å². The molecule has 3 aromatic carbocycles. The van der Waals surface area contributed by atoms with Gasteiger partial charge in [0, 0.05) is 57.6 Å². The number of carboxylic acids is 1. The zero-order chi connectivity index (χ0) is 30.1. The van der Waals surface area contributed by atoms with E-state index >= 15 is 0 Å². The van der Waals surface area contributed by atoms with Crippen LogP contribution in [0.2, 0.25) is 5.02 Å². The lowest BCUT2D eigenvalue weighted by atomic mass is 10.00. The molecule has 1 fully saturated rings. The standard InChI is InChI=1S/C32H37ClF3N3O3/c1-24(25-8-3-2-4-9-25)21-38(22-26-10-5-13-29(31(26)33)32(34,35)36)14-7-19-42-28-12-6-11-27(20-28)39-17-15-37(16-18-39)23-30(40)41/h2-6,8-13,20,24H,7,14-19,21-23H2,1H3,(H,40,41). The van der Waals surface area contributed by atoms with Crippen molar-refractivity contribution in [3.05, 3.63) is 94.5 Å². The van der Waals surface area contributed by atoms with Gasteiger partial charge in [0.15, 0.2) is 0 Å². The van der Waals surface area contributed by atoms with Gasteiger partial charge in [-0.05, 0) is 41.7 Å². The molecule has 1 heterocycles. The predicted molar refractivity (Wildman–Crippen MR) is 159 cm³/mol. The Morgan fingerprint density at radius 3 is 2.43 bits per heavy atom. The highest BCUT2D eigenvalue weighted by Crippen LogP contribution is 2.36. The van der Waals surface area contributed by atoms with E-state index in [1.165, 1.54) is 6.07 Å². The van der Waals surface area contributed by atoms with Crippen LogP contribution in [0.15, 0.2) is 72.8 Å². The van der Waals surface area contributed by atoms with Gasteiger partial charge in [0.2, 0.25) is 0 Å². The number of piperazine rings is 1. The van der Waals surface area contributed by atoms with Crippen molar-refractivity contribution in [1.29, 1.82) is 0 Å². The lowest BCUT2D eigenvalue weighted by Crippen LogP contribution is -2.47. The van der Waals surface area contributed by atoms with Crippen molar-refractivity contribution in [2.45, 2.75) is 32.0 Å². The number of halogens is 4. The van der Waals surface area contributed by atoms with E-state index in [0.717, 1.165) is 36.2 Å². The van der Waals surface area contributed by atoms with Crippen LogP contribution in [0.4, 0.5) is 18.9 Å². The lowest BCUT2D eigenvalue weighted by Gasteiger charge is -2.35. The maximum Gasteiger partial charge on any atom is 0.417 e. The summed E-state index contributed by atoms with van der Waals surface area (Å²) in [5.74, 6) is 0.0970. The van der Waals surface area contributed by atoms with Crippen LogP contribution < -0.4 is 9.64 Å². The number of hydrogen-bond donors (Lipinski definition) is 1. The summed E-state index contributed by atoms with van der Waals surface area (Å²) in [5.41, 5.74) is 1.82. The summed E-state index contributed by atoms with van der Waals surface area (Å²) < 4.78 is 46.5. The minimum atomic E-state index is -4.51. The highest BCUT2D eigenvalue weighted by Gasteiger charge is 2.34. The fourth-order valence-corrected chi connectivity index (χ4v) is 5.57. The largest absolute Gasteiger partial charge is 0.493 e. The van der Waals surface area contributed by atoms with Crippen LogP contribution in [0.25, 0.3) is 0 Å². The fourth-order valence-electron chi connectivity index (χ4n) is 5.27. The molecule has 42 heavy (non-hydrogen) atoms. The number of rotatable bonds is 13. The maximum atomic E-state index is 13.5. The Kier molecular flexibility index (Phi) is 11.1. The molecule has 0 aromatic heterocycles. The number of nitrogens with zero attached hydrogens (tertiary/aromatic N) is 3. The van der Waals surface area contributed by atoms with Crippen molar-refractivity contribution in [2.75, 3.05) is 57.3 Å². The number of hydrogen-bond acceptors (Lipinski definition) is 5. The van der Waals surface area contributed by atoms with Crippen molar-refractivity contribution < 1.29 is 27.8 Å². The van der Waals surface area contributed by atoms with E-state index in [1.807, 2.05) is 47.4 Å². The molecule has 0 spiro atoms. The quantitative estimate of drug-likeness (QED) is 0.221. The minimum absolute atomic E-state index is 0.0537. The zero-order valence-electron chi connectivity index (χ0n) is 23.7. The van der Waals surface area contributed by atoms with E-state index in [9.17, 15) is 18.0 Å². The van der Waals surface area contributed by atoms with E-state index in [1.54, 1.807) is 6.07 Å². The first-order valence-electron chi connectivity index (χ1n) is 14.1. The summed E-state index contributed by atoms with van der Waals surface area (Å²) >= 11 is 6.24. The molecule has 0 saturated carbocycles. The third-order valence-corrected chi connectivity index (χ3v) is 7.93. The number of anilines is 1. The van der Waals surface area contributed by atoms with Crippen LogP contribution >= 0.6 is 11.6 Å². The molecule has 1 aliphatic heterocycles. The van der Waals surface area contributed by atoms with Crippen LogP contribution in [-0.4, -0.2) is 73.3 Å². The van der Waals surface area contributed by atoms with Gasteiger partial charge in [-0.15, -0.1) is 0 Å². The molecule has 1 aliphatic rings. The summed E-state index contributed by atoms with van der Waals surface area (Å²) in [6, 6.07) is 22.0. The van der Waals surface area contributed by atoms with E-state index in [0.29, 0.717) is 51.3 Å². The third-order valence-electron chi connectivity index (χ3n) is 7.48. The van der Waals surface area contributed by atoms with Crippen molar-refractivity contribution in [1.82, 2.24) is 9.80 Å². The minimum Gasteiger partial charge on any atom is -0.493 e. The summed E-state index contributed by atoms with van der Waals surface area (Å²) in [4.78, 5) is 17.3. The highest BCUT2D eigenvalue weighted by molar-refractivity contribution is 6.32. The number of ether oxygens (including phenoxy) is 1. The SMILES string of the molecule is CC(CN(CCCOc1cccc(N2CCN(CC(=O)O)CC2)c1)Cc1cccc(C(F)(F)F)c1Cl)c1ccccc1. The first kappa shape index (κ1) is 31.7. The second-order valence-corrected chi connectivity index (χ2v) is 11.1. The molecular weight excluding hydrogens is 567 g/mol. The predicted octanol–water partition coefficient (Wildman–Crippen LogP) is 6.64. The van der Waals surface area contributed by atoms with E-state index in [2.05, 4.69) is 28.9 Å². The number of aliphatic carboxylic acids is 1. The Hall–Kier alpha value is -3.27. The second kappa shape index (κ2) is 14.8. The van der Waals surface area contributed by atoms with Gasteiger partial charge in [-0.2, -0.15) is 13.2 Å². The summed E-state index contributed by atoms with van der Waals surface area (Å²) in [6.45, 7) is 7.03. The molecule has 3 aromatic rings. The van der Waals surface area contributed by atoms with Crippen LogP contribution in [0.3, 0.4) is 0 Å². The normalized spacial score (nSPS) is 15.1. The molecule has 1 N–H and O–H groups in total. The Morgan fingerprint density at radius 1 is 1.02 bits per heavy atom.